The van der Waals surface area contributed by atoms with Crippen LogP contribution in [0.25, 0.3) is 0 Å². The molecule has 1 aliphatic heterocycles. The van der Waals surface area contributed by atoms with Crippen LogP contribution in [0.15, 0.2) is 0 Å². The molecule has 0 aromatic rings. The Morgan fingerprint density at radius 3 is 2.67 bits per heavy atom. The lowest BCUT2D eigenvalue weighted by Crippen LogP contribution is -2.44. The van der Waals surface area contributed by atoms with Crippen molar-refractivity contribution < 1.29 is 14.3 Å². The number of nitrogens with one attached hydrogen (secondary N) is 1. The van der Waals surface area contributed by atoms with Gasteiger partial charge in [-0.1, -0.05) is 27.7 Å². The molecule has 0 aromatic heterocycles. The number of rotatable bonds is 4. The van der Waals surface area contributed by atoms with Crippen LogP contribution in [0.4, 0.5) is 0 Å². The lowest BCUT2D eigenvalue weighted by atomic mass is 9.70. The number of likely N-dealkylation sites (N-methyl/N-ethyl adjacent to an activating group) is 1. The molecule has 120 valence electrons. The maximum absolute atomic E-state index is 12.6. The van der Waals surface area contributed by atoms with Gasteiger partial charge in [-0.3, -0.25) is 4.79 Å². The highest BCUT2D eigenvalue weighted by Gasteiger charge is 2.63. The molecule has 1 N–H and O–H groups in total. The van der Waals surface area contributed by atoms with Crippen LogP contribution in [0, 0.1) is 22.7 Å². The van der Waals surface area contributed by atoms with Crippen LogP contribution in [0.2, 0.25) is 0 Å². The largest absolute Gasteiger partial charge is 0.461 e. The maximum atomic E-state index is 12.6. The highest BCUT2D eigenvalue weighted by atomic mass is 16.6. The SMILES string of the molecule is CCNC1COCC1C(=O)OC1CC2CCC1(C)C2(C)C. The molecule has 21 heavy (non-hydrogen) atoms. The predicted octanol–water partition coefficient (Wildman–Crippen LogP) is 2.37. The second kappa shape index (κ2) is 5.24. The minimum atomic E-state index is -0.143. The molecule has 5 atom stereocenters. The van der Waals surface area contributed by atoms with Crippen molar-refractivity contribution in [2.45, 2.75) is 59.1 Å². The first-order valence-corrected chi connectivity index (χ1v) is 8.41. The summed E-state index contributed by atoms with van der Waals surface area (Å²) in [6, 6.07) is 0.113. The molecule has 0 radical (unpaired) electrons. The third kappa shape index (κ3) is 2.22. The van der Waals surface area contributed by atoms with Crippen molar-refractivity contribution >= 4 is 5.97 Å². The summed E-state index contributed by atoms with van der Waals surface area (Å²) in [5, 5.41) is 3.33. The molecule has 5 unspecified atom stereocenters. The summed E-state index contributed by atoms with van der Waals surface area (Å²) < 4.78 is 11.5. The average Bonchev–Trinajstić information content (AvgIpc) is 3.02. The first kappa shape index (κ1) is 15.3. The summed E-state index contributed by atoms with van der Waals surface area (Å²) in [7, 11) is 0. The lowest BCUT2D eigenvalue weighted by molar-refractivity contribution is -0.162. The number of fused-ring (bicyclic) bond motifs is 2. The Bertz CT molecular complexity index is 422. The topological polar surface area (TPSA) is 47.6 Å². The predicted molar refractivity (Wildman–Crippen MR) is 80.9 cm³/mol. The number of hydrogen-bond acceptors (Lipinski definition) is 4. The third-order valence-corrected chi connectivity index (χ3v) is 6.82. The van der Waals surface area contributed by atoms with E-state index in [-0.39, 0.29) is 34.9 Å². The highest BCUT2D eigenvalue weighted by molar-refractivity contribution is 5.74. The quantitative estimate of drug-likeness (QED) is 0.809. The van der Waals surface area contributed by atoms with E-state index in [9.17, 15) is 4.79 Å². The molecule has 2 bridgehead atoms. The molecule has 4 heteroatoms. The summed E-state index contributed by atoms with van der Waals surface area (Å²) in [6.07, 6.45) is 3.58. The van der Waals surface area contributed by atoms with Crippen LogP contribution in [0.3, 0.4) is 0 Å². The lowest BCUT2D eigenvalue weighted by Gasteiger charge is -2.38. The number of esters is 1. The molecular weight excluding hydrogens is 266 g/mol. The summed E-state index contributed by atoms with van der Waals surface area (Å²) in [5.41, 5.74) is 0.422. The van der Waals surface area contributed by atoms with Gasteiger partial charge in [0.2, 0.25) is 0 Å². The molecule has 0 spiro atoms. The molecule has 3 aliphatic rings. The second-order valence-electron chi connectivity index (χ2n) is 7.84. The van der Waals surface area contributed by atoms with E-state index in [0.717, 1.165) is 13.0 Å². The zero-order valence-corrected chi connectivity index (χ0v) is 13.8. The Labute approximate surface area is 127 Å². The number of carbonyl (C=O) groups excluding carboxylic acids is 1. The van der Waals surface area contributed by atoms with Crippen molar-refractivity contribution in [1.29, 1.82) is 0 Å². The third-order valence-electron chi connectivity index (χ3n) is 6.82. The van der Waals surface area contributed by atoms with Crippen LogP contribution in [-0.4, -0.2) is 37.9 Å². The van der Waals surface area contributed by atoms with Gasteiger partial charge in [0.1, 0.15) is 6.10 Å². The van der Waals surface area contributed by atoms with E-state index in [0.29, 0.717) is 19.1 Å². The Hall–Kier alpha value is -0.610. The molecule has 1 heterocycles. The molecule has 4 nitrogen and oxygen atoms in total. The number of hydrogen-bond donors (Lipinski definition) is 1. The van der Waals surface area contributed by atoms with Crippen molar-refractivity contribution in [2.24, 2.45) is 22.7 Å². The Kier molecular flexibility index (Phi) is 3.81. The molecule has 1 saturated heterocycles. The van der Waals surface area contributed by atoms with Crippen molar-refractivity contribution in [3.05, 3.63) is 0 Å². The van der Waals surface area contributed by atoms with Crippen LogP contribution in [0.5, 0.6) is 0 Å². The van der Waals surface area contributed by atoms with E-state index in [2.05, 4.69) is 33.0 Å². The van der Waals surface area contributed by atoms with Crippen molar-refractivity contribution in [3.8, 4) is 0 Å². The first-order chi connectivity index (χ1) is 9.90. The smallest absolute Gasteiger partial charge is 0.313 e. The van der Waals surface area contributed by atoms with Gasteiger partial charge in [-0.05, 0) is 37.1 Å². The first-order valence-electron chi connectivity index (χ1n) is 8.41. The molecule has 3 rings (SSSR count). The van der Waals surface area contributed by atoms with Gasteiger partial charge in [-0.15, -0.1) is 0 Å². The average molecular weight is 295 g/mol. The Morgan fingerprint density at radius 2 is 2.10 bits per heavy atom. The molecule has 0 aromatic carbocycles. The zero-order chi connectivity index (χ0) is 15.3. The molecule has 3 fully saturated rings. The van der Waals surface area contributed by atoms with Crippen LogP contribution in [0.1, 0.15) is 47.0 Å². The van der Waals surface area contributed by atoms with Gasteiger partial charge in [-0.25, -0.2) is 0 Å². The van der Waals surface area contributed by atoms with Gasteiger partial charge in [-0.2, -0.15) is 0 Å². The van der Waals surface area contributed by atoms with Gasteiger partial charge < -0.3 is 14.8 Å². The number of ether oxygens (including phenoxy) is 2. The van der Waals surface area contributed by atoms with Crippen LogP contribution >= 0.6 is 0 Å². The van der Waals surface area contributed by atoms with E-state index < -0.39 is 0 Å². The molecule has 2 aliphatic carbocycles. The number of carbonyl (C=O) groups is 1. The van der Waals surface area contributed by atoms with Gasteiger partial charge >= 0.3 is 5.97 Å². The minimum Gasteiger partial charge on any atom is -0.461 e. The van der Waals surface area contributed by atoms with E-state index in [1.807, 2.05) is 0 Å². The fourth-order valence-electron chi connectivity index (χ4n) is 4.79. The highest BCUT2D eigenvalue weighted by Crippen LogP contribution is 2.66. The Balaban J connectivity index is 1.66. The summed E-state index contributed by atoms with van der Waals surface area (Å²) >= 11 is 0. The van der Waals surface area contributed by atoms with Crippen LogP contribution < -0.4 is 5.32 Å². The molecule has 2 saturated carbocycles. The maximum Gasteiger partial charge on any atom is 0.313 e. The standard InChI is InChI=1S/C17H29NO3/c1-5-18-13-10-20-9-12(13)15(19)21-14-8-11-6-7-17(14,4)16(11,2)3/h11-14,18H,5-10H2,1-4H3. The van der Waals surface area contributed by atoms with Crippen molar-refractivity contribution in [2.75, 3.05) is 19.8 Å². The fourth-order valence-corrected chi connectivity index (χ4v) is 4.79. The minimum absolute atomic E-state index is 0.0620. The van der Waals surface area contributed by atoms with E-state index >= 15 is 0 Å². The Morgan fingerprint density at radius 1 is 1.33 bits per heavy atom. The van der Waals surface area contributed by atoms with Gasteiger partial charge in [0, 0.05) is 11.5 Å². The summed E-state index contributed by atoms with van der Waals surface area (Å²) in [4.78, 5) is 12.6. The van der Waals surface area contributed by atoms with Crippen molar-refractivity contribution in [1.82, 2.24) is 5.32 Å². The summed E-state index contributed by atoms with van der Waals surface area (Å²) in [5.74, 6) is 0.494. The van der Waals surface area contributed by atoms with Crippen LogP contribution in [-0.2, 0) is 14.3 Å². The van der Waals surface area contributed by atoms with E-state index in [4.69, 9.17) is 9.47 Å². The monoisotopic (exact) mass is 295 g/mol. The zero-order valence-electron chi connectivity index (χ0n) is 13.8. The second-order valence-corrected chi connectivity index (χ2v) is 7.84. The molecular formula is C17H29NO3. The normalized spacial score (nSPS) is 44.2. The molecule has 0 amide bonds. The summed E-state index contributed by atoms with van der Waals surface area (Å²) in [6.45, 7) is 11.0. The van der Waals surface area contributed by atoms with Crippen molar-refractivity contribution in [3.63, 3.8) is 0 Å². The van der Waals surface area contributed by atoms with E-state index in [1.54, 1.807) is 0 Å². The van der Waals surface area contributed by atoms with Gasteiger partial charge in [0.25, 0.3) is 0 Å². The van der Waals surface area contributed by atoms with Gasteiger partial charge in [0.15, 0.2) is 0 Å². The van der Waals surface area contributed by atoms with E-state index in [1.165, 1.54) is 12.8 Å². The fraction of sp³-hybridized carbons (Fsp3) is 0.941. The van der Waals surface area contributed by atoms with Gasteiger partial charge in [0.05, 0.1) is 19.1 Å².